The zero-order chi connectivity index (χ0) is 14.4. The summed E-state index contributed by atoms with van der Waals surface area (Å²) in [4.78, 5) is 11.7. The number of hydrogen-bond acceptors (Lipinski definition) is 3. The molecule has 2 aromatic rings. The predicted octanol–water partition coefficient (Wildman–Crippen LogP) is 2.63. The number of nitrogens with one attached hydrogen (secondary N) is 1. The summed E-state index contributed by atoms with van der Waals surface area (Å²) < 4.78 is 0.971. The number of hydrazone groups is 1. The quantitative estimate of drug-likeness (QED) is 0.667. The second kappa shape index (κ2) is 6.98. The summed E-state index contributed by atoms with van der Waals surface area (Å²) in [7, 11) is 0. The molecule has 0 radical (unpaired) electrons. The molecule has 0 fully saturated rings. The van der Waals surface area contributed by atoms with Crippen LogP contribution in [0, 0.1) is 0 Å². The Balaban J connectivity index is 1.93. The van der Waals surface area contributed by atoms with Crippen LogP contribution in [0.4, 0.5) is 0 Å². The minimum atomic E-state index is -1.22. The largest absolute Gasteiger partial charge is 0.378 e. The van der Waals surface area contributed by atoms with Crippen molar-refractivity contribution in [1.82, 2.24) is 5.43 Å². The Bertz CT molecular complexity index is 597. The fraction of sp³-hybridized carbons (Fsp3) is 0.0667. The van der Waals surface area contributed by atoms with E-state index in [1.54, 1.807) is 24.3 Å². The van der Waals surface area contributed by atoms with Crippen molar-refractivity contribution in [1.29, 1.82) is 0 Å². The highest BCUT2D eigenvalue weighted by atomic mass is 79.9. The molecule has 0 aliphatic carbocycles. The zero-order valence-corrected chi connectivity index (χ0v) is 12.1. The van der Waals surface area contributed by atoms with E-state index < -0.39 is 12.0 Å². The molecule has 0 unspecified atom stereocenters. The molecule has 0 aromatic heterocycles. The van der Waals surface area contributed by atoms with Crippen molar-refractivity contribution in [3.8, 4) is 0 Å². The fourth-order valence-corrected chi connectivity index (χ4v) is 1.83. The monoisotopic (exact) mass is 332 g/mol. The van der Waals surface area contributed by atoms with Crippen molar-refractivity contribution in [2.75, 3.05) is 0 Å². The van der Waals surface area contributed by atoms with Gasteiger partial charge >= 0.3 is 0 Å². The number of carbonyl (C=O) groups excluding carboxylic acids is 1. The molecule has 0 saturated heterocycles. The predicted molar refractivity (Wildman–Crippen MR) is 81.3 cm³/mol. The maximum absolute atomic E-state index is 11.7. The Labute approximate surface area is 125 Å². The molecule has 0 heterocycles. The summed E-state index contributed by atoms with van der Waals surface area (Å²) in [5, 5.41) is 13.6. The van der Waals surface area contributed by atoms with E-state index in [0.717, 1.165) is 10.0 Å². The van der Waals surface area contributed by atoms with Crippen LogP contribution in [0.15, 0.2) is 64.2 Å². The maximum Gasteiger partial charge on any atom is 0.273 e. The number of hydrogen-bond donors (Lipinski definition) is 2. The summed E-state index contributed by atoms with van der Waals surface area (Å²) in [5.74, 6) is -0.565. The summed E-state index contributed by atoms with van der Waals surface area (Å²) in [5.41, 5.74) is 3.69. The number of benzene rings is 2. The summed E-state index contributed by atoms with van der Waals surface area (Å²) in [6.45, 7) is 0. The van der Waals surface area contributed by atoms with E-state index in [9.17, 15) is 9.90 Å². The maximum atomic E-state index is 11.7. The van der Waals surface area contributed by atoms with Gasteiger partial charge in [0.1, 0.15) is 0 Å². The fourth-order valence-electron chi connectivity index (χ4n) is 1.57. The highest BCUT2D eigenvalue weighted by Gasteiger charge is 2.15. The van der Waals surface area contributed by atoms with Gasteiger partial charge in [-0.1, -0.05) is 58.4 Å². The molecular weight excluding hydrogens is 320 g/mol. The van der Waals surface area contributed by atoms with E-state index in [1.165, 1.54) is 6.21 Å². The van der Waals surface area contributed by atoms with Crippen LogP contribution in [-0.2, 0) is 4.79 Å². The van der Waals surface area contributed by atoms with Gasteiger partial charge < -0.3 is 5.11 Å². The van der Waals surface area contributed by atoms with E-state index in [-0.39, 0.29) is 0 Å². The standard InChI is InChI=1S/C15H13BrN2O2/c16-13-8-6-11(7-9-13)10-17-18-15(20)14(19)12-4-2-1-3-5-12/h1-10,14,19H,(H,18,20)/b17-10-/t14-/m0/s1. The minimum Gasteiger partial charge on any atom is -0.378 e. The van der Waals surface area contributed by atoms with Crippen LogP contribution in [0.5, 0.6) is 0 Å². The first kappa shape index (κ1) is 14.4. The number of rotatable bonds is 4. The van der Waals surface area contributed by atoms with Crippen LogP contribution in [0.25, 0.3) is 0 Å². The average molecular weight is 333 g/mol. The minimum absolute atomic E-state index is 0.531. The van der Waals surface area contributed by atoms with E-state index in [2.05, 4.69) is 26.5 Å². The third-order valence-electron chi connectivity index (χ3n) is 2.62. The number of aliphatic hydroxyl groups excluding tert-OH is 1. The molecule has 2 aromatic carbocycles. The van der Waals surface area contributed by atoms with Crippen LogP contribution in [0.2, 0.25) is 0 Å². The number of amides is 1. The summed E-state index contributed by atoms with van der Waals surface area (Å²) in [6, 6.07) is 16.2. The number of halogens is 1. The van der Waals surface area contributed by atoms with Crippen molar-refractivity contribution < 1.29 is 9.90 Å². The summed E-state index contributed by atoms with van der Waals surface area (Å²) >= 11 is 3.33. The molecule has 0 aliphatic rings. The molecule has 0 aliphatic heterocycles. The lowest BCUT2D eigenvalue weighted by atomic mass is 10.1. The van der Waals surface area contributed by atoms with Gasteiger partial charge in [0, 0.05) is 4.47 Å². The van der Waals surface area contributed by atoms with Crippen LogP contribution in [0.3, 0.4) is 0 Å². The Morgan fingerprint density at radius 3 is 2.45 bits per heavy atom. The van der Waals surface area contributed by atoms with Crippen LogP contribution < -0.4 is 5.43 Å². The number of aliphatic hydroxyl groups is 1. The zero-order valence-electron chi connectivity index (χ0n) is 10.5. The van der Waals surface area contributed by atoms with Gasteiger partial charge in [0.05, 0.1) is 6.21 Å². The van der Waals surface area contributed by atoms with Gasteiger partial charge in [-0.3, -0.25) is 4.79 Å². The van der Waals surface area contributed by atoms with Gasteiger partial charge in [-0.25, -0.2) is 5.43 Å². The normalized spacial score (nSPS) is 12.3. The van der Waals surface area contributed by atoms with Crippen molar-refractivity contribution >= 4 is 28.1 Å². The van der Waals surface area contributed by atoms with Gasteiger partial charge in [-0.15, -0.1) is 0 Å². The van der Waals surface area contributed by atoms with E-state index >= 15 is 0 Å². The van der Waals surface area contributed by atoms with Gasteiger partial charge in [-0.2, -0.15) is 5.10 Å². The first-order valence-corrected chi connectivity index (χ1v) is 6.77. The second-order valence-electron chi connectivity index (χ2n) is 4.10. The van der Waals surface area contributed by atoms with Crippen molar-refractivity contribution in [3.63, 3.8) is 0 Å². The highest BCUT2D eigenvalue weighted by Crippen LogP contribution is 2.12. The average Bonchev–Trinajstić information content (AvgIpc) is 2.49. The number of carbonyl (C=O) groups is 1. The number of nitrogens with zero attached hydrogens (tertiary/aromatic N) is 1. The highest BCUT2D eigenvalue weighted by molar-refractivity contribution is 9.10. The Kier molecular flexibility index (Phi) is 5.03. The SMILES string of the molecule is O=C(N/N=C\c1ccc(Br)cc1)[C@@H](O)c1ccccc1. The van der Waals surface area contributed by atoms with Gasteiger partial charge in [0.15, 0.2) is 6.10 Å². The molecule has 102 valence electrons. The third-order valence-corrected chi connectivity index (χ3v) is 3.15. The molecule has 0 spiro atoms. The Morgan fingerprint density at radius 2 is 1.80 bits per heavy atom. The molecule has 1 amide bonds. The molecule has 20 heavy (non-hydrogen) atoms. The third kappa shape index (κ3) is 4.01. The Hall–Kier alpha value is -1.98. The van der Waals surface area contributed by atoms with Gasteiger partial charge in [0.25, 0.3) is 5.91 Å². The van der Waals surface area contributed by atoms with Crippen molar-refractivity contribution in [2.45, 2.75) is 6.10 Å². The van der Waals surface area contributed by atoms with Gasteiger partial charge in [-0.05, 0) is 23.3 Å². The van der Waals surface area contributed by atoms with Crippen molar-refractivity contribution in [2.24, 2.45) is 5.10 Å². The molecule has 2 N–H and O–H groups in total. The van der Waals surface area contributed by atoms with Crippen LogP contribution >= 0.6 is 15.9 Å². The topological polar surface area (TPSA) is 61.7 Å². The lowest BCUT2D eigenvalue weighted by molar-refractivity contribution is -0.129. The van der Waals surface area contributed by atoms with E-state index in [4.69, 9.17) is 0 Å². The van der Waals surface area contributed by atoms with Gasteiger partial charge in [0.2, 0.25) is 0 Å². The lowest BCUT2D eigenvalue weighted by Crippen LogP contribution is -2.25. The lowest BCUT2D eigenvalue weighted by Gasteiger charge is -2.08. The first-order valence-electron chi connectivity index (χ1n) is 5.98. The molecule has 0 bridgehead atoms. The van der Waals surface area contributed by atoms with E-state index in [0.29, 0.717) is 5.56 Å². The smallest absolute Gasteiger partial charge is 0.273 e. The molecule has 2 rings (SSSR count). The second-order valence-corrected chi connectivity index (χ2v) is 5.01. The Morgan fingerprint density at radius 1 is 1.15 bits per heavy atom. The van der Waals surface area contributed by atoms with Crippen LogP contribution in [-0.4, -0.2) is 17.2 Å². The van der Waals surface area contributed by atoms with E-state index in [1.807, 2.05) is 30.3 Å². The van der Waals surface area contributed by atoms with Crippen LogP contribution in [0.1, 0.15) is 17.2 Å². The molecule has 4 nitrogen and oxygen atoms in total. The molecular formula is C15H13BrN2O2. The van der Waals surface area contributed by atoms with Crippen molar-refractivity contribution in [3.05, 3.63) is 70.2 Å². The first-order chi connectivity index (χ1) is 9.66. The molecule has 1 atom stereocenters. The summed E-state index contributed by atoms with van der Waals surface area (Å²) in [6.07, 6.45) is 0.292. The molecule has 0 saturated carbocycles. The molecule has 5 heteroatoms.